The first-order chi connectivity index (χ1) is 18.4. The zero-order valence-electron chi connectivity index (χ0n) is 20.1. The van der Waals surface area contributed by atoms with E-state index in [-0.39, 0.29) is 30.2 Å². The molecule has 3 aromatic rings. The predicted octanol–water partition coefficient (Wildman–Crippen LogP) is 4.75. The second kappa shape index (κ2) is 10.3. The molecular weight excluding hydrogens is 548 g/mol. The Hall–Kier alpha value is -3.36. The SMILES string of the molecule is NCC1CN(C2=NC(=O)/C(=C\c3ccc4c(cnn4Cc4ccc(C(F)(F)F)cc4C(F)(F)F)c3)S2)CCO1. The van der Waals surface area contributed by atoms with Crippen LogP contribution >= 0.6 is 11.8 Å². The Morgan fingerprint density at radius 1 is 1.10 bits per heavy atom. The number of carbonyl (C=O) groups is 1. The minimum absolute atomic E-state index is 0.116. The van der Waals surface area contributed by atoms with Crippen molar-refractivity contribution in [2.75, 3.05) is 26.2 Å². The van der Waals surface area contributed by atoms with Crippen LogP contribution in [-0.4, -0.2) is 58.1 Å². The number of hydrogen-bond acceptors (Lipinski definition) is 6. The number of hydrogen-bond donors (Lipinski definition) is 1. The summed E-state index contributed by atoms with van der Waals surface area (Å²) in [6.07, 6.45) is -6.90. The van der Waals surface area contributed by atoms with E-state index in [0.29, 0.717) is 58.8 Å². The van der Waals surface area contributed by atoms with Gasteiger partial charge in [0.15, 0.2) is 5.17 Å². The highest BCUT2D eigenvalue weighted by atomic mass is 32.2. The number of amides is 1. The van der Waals surface area contributed by atoms with Gasteiger partial charge >= 0.3 is 12.4 Å². The molecule has 0 saturated carbocycles. The summed E-state index contributed by atoms with van der Waals surface area (Å²) in [6, 6.07) is 6.59. The number of benzene rings is 2. The molecule has 2 aliphatic rings. The van der Waals surface area contributed by atoms with E-state index >= 15 is 0 Å². The number of nitrogens with zero attached hydrogens (tertiary/aromatic N) is 4. The molecule has 14 heteroatoms. The van der Waals surface area contributed by atoms with Crippen molar-refractivity contribution in [1.29, 1.82) is 0 Å². The average Bonchev–Trinajstić information content (AvgIpc) is 3.45. The van der Waals surface area contributed by atoms with Gasteiger partial charge in [-0.3, -0.25) is 9.48 Å². The monoisotopic (exact) mass is 569 g/mol. The van der Waals surface area contributed by atoms with Crippen molar-refractivity contribution >= 4 is 39.8 Å². The van der Waals surface area contributed by atoms with Crippen molar-refractivity contribution in [2.24, 2.45) is 10.7 Å². The molecule has 1 amide bonds. The van der Waals surface area contributed by atoms with Gasteiger partial charge in [0, 0.05) is 25.0 Å². The second-order valence-corrected chi connectivity index (χ2v) is 9.98. The van der Waals surface area contributed by atoms with E-state index in [4.69, 9.17) is 10.5 Å². The quantitative estimate of drug-likeness (QED) is 0.361. The number of amidine groups is 1. The summed E-state index contributed by atoms with van der Waals surface area (Å²) >= 11 is 1.24. The Labute approximate surface area is 222 Å². The van der Waals surface area contributed by atoms with E-state index in [1.807, 2.05) is 4.90 Å². The van der Waals surface area contributed by atoms with E-state index in [2.05, 4.69) is 10.1 Å². The Morgan fingerprint density at radius 2 is 1.90 bits per heavy atom. The number of aliphatic imine (C=N–C) groups is 1. The van der Waals surface area contributed by atoms with Crippen LogP contribution in [0.25, 0.3) is 17.0 Å². The molecule has 2 N–H and O–H groups in total. The van der Waals surface area contributed by atoms with Crippen LogP contribution in [0.5, 0.6) is 0 Å². The Morgan fingerprint density at radius 3 is 2.62 bits per heavy atom. The predicted molar refractivity (Wildman–Crippen MR) is 134 cm³/mol. The molecule has 7 nitrogen and oxygen atoms in total. The van der Waals surface area contributed by atoms with Crippen LogP contribution in [0.15, 0.2) is 52.5 Å². The lowest BCUT2D eigenvalue weighted by Gasteiger charge is -2.32. The van der Waals surface area contributed by atoms with Gasteiger partial charge in [-0.25, -0.2) is 0 Å². The fourth-order valence-corrected chi connectivity index (χ4v) is 5.31. The first kappa shape index (κ1) is 27.2. The number of rotatable bonds is 4. The normalized spacial score (nSPS) is 19.8. The van der Waals surface area contributed by atoms with Gasteiger partial charge in [0.1, 0.15) is 0 Å². The summed E-state index contributed by atoms with van der Waals surface area (Å²) in [5, 5.41) is 5.30. The molecule has 5 rings (SSSR count). The number of nitrogens with two attached hydrogens (primary N) is 1. The summed E-state index contributed by atoms with van der Waals surface area (Å²) in [7, 11) is 0. The Bertz CT molecular complexity index is 1480. The minimum Gasteiger partial charge on any atom is -0.373 e. The maximum absolute atomic E-state index is 13.6. The van der Waals surface area contributed by atoms with Crippen molar-refractivity contribution in [3.63, 3.8) is 0 Å². The summed E-state index contributed by atoms with van der Waals surface area (Å²) < 4.78 is 86.5. The molecule has 1 saturated heterocycles. The van der Waals surface area contributed by atoms with Gasteiger partial charge in [-0.2, -0.15) is 36.4 Å². The number of fused-ring (bicyclic) bond motifs is 1. The van der Waals surface area contributed by atoms with Crippen molar-refractivity contribution in [3.8, 4) is 0 Å². The highest BCUT2D eigenvalue weighted by Gasteiger charge is 2.38. The van der Waals surface area contributed by atoms with Crippen molar-refractivity contribution < 1.29 is 35.9 Å². The van der Waals surface area contributed by atoms with E-state index in [1.54, 1.807) is 24.3 Å². The topological polar surface area (TPSA) is 85.7 Å². The molecule has 0 aliphatic carbocycles. The van der Waals surface area contributed by atoms with Gasteiger partial charge < -0.3 is 15.4 Å². The summed E-state index contributed by atoms with van der Waals surface area (Å²) in [5.41, 5.74) is 3.73. The molecule has 1 aromatic heterocycles. The third-order valence-electron chi connectivity index (χ3n) is 6.31. The minimum atomic E-state index is -4.97. The van der Waals surface area contributed by atoms with E-state index in [0.717, 1.165) is 6.07 Å². The van der Waals surface area contributed by atoms with Crippen LogP contribution in [-0.2, 0) is 28.4 Å². The number of halogens is 6. The highest BCUT2D eigenvalue weighted by Crippen LogP contribution is 2.38. The molecule has 39 heavy (non-hydrogen) atoms. The average molecular weight is 570 g/mol. The van der Waals surface area contributed by atoms with Crippen molar-refractivity contribution in [2.45, 2.75) is 25.0 Å². The van der Waals surface area contributed by atoms with Gasteiger partial charge in [-0.15, -0.1) is 0 Å². The second-order valence-electron chi connectivity index (χ2n) is 8.97. The molecule has 1 unspecified atom stereocenters. The van der Waals surface area contributed by atoms with Gasteiger partial charge in [-0.05, 0) is 53.2 Å². The Balaban J connectivity index is 1.36. The lowest BCUT2D eigenvalue weighted by molar-refractivity contribution is -0.143. The lowest BCUT2D eigenvalue weighted by atomic mass is 10.0. The van der Waals surface area contributed by atoms with Crippen LogP contribution in [0.2, 0.25) is 0 Å². The van der Waals surface area contributed by atoms with E-state index in [1.165, 1.54) is 22.6 Å². The first-order valence-corrected chi connectivity index (χ1v) is 12.6. The molecule has 0 bridgehead atoms. The largest absolute Gasteiger partial charge is 0.416 e. The van der Waals surface area contributed by atoms with E-state index < -0.39 is 23.5 Å². The van der Waals surface area contributed by atoms with Crippen LogP contribution in [0.4, 0.5) is 26.3 Å². The summed E-state index contributed by atoms with van der Waals surface area (Å²) in [5.74, 6) is -0.386. The zero-order chi connectivity index (χ0) is 27.9. The number of aromatic nitrogens is 2. The third kappa shape index (κ3) is 5.82. The molecule has 2 aliphatic heterocycles. The number of alkyl halides is 6. The molecule has 0 spiro atoms. The Kier molecular flexibility index (Phi) is 7.20. The number of carbonyl (C=O) groups excluding carboxylic acids is 1. The molecule has 1 atom stereocenters. The standard InChI is InChI=1S/C25H21F6N5O2S/c26-24(27,28)17-3-2-15(19(9-17)25(29,30)31)12-36-20-4-1-14(7-16(20)11-33-36)8-21-22(37)34-23(39-21)35-5-6-38-18(10-32)13-35/h1-4,7-9,11,18H,5-6,10,12-13,32H2/b21-8+. The number of thioether (sulfide) groups is 1. The smallest absolute Gasteiger partial charge is 0.373 e. The van der Waals surface area contributed by atoms with Crippen LogP contribution in [0, 0.1) is 0 Å². The maximum atomic E-state index is 13.6. The summed E-state index contributed by atoms with van der Waals surface area (Å²) in [6.45, 7) is 1.57. The lowest BCUT2D eigenvalue weighted by Crippen LogP contribution is -2.47. The summed E-state index contributed by atoms with van der Waals surface area (Å²) in [4.78, 5) is 19.0. The van der Waals surface area contributed by atoms with Gasteiger partial charge in [0.25, 0.3) is 5.91 Å². The first-order valence-electron chi connectivity index (χ1n) is 11.7. The fourth-order valence-electron chi connectivity index (χ4n) is 4.36. The van der Waals surface area contributed by atoms with Gasteiger partial charge in [-0.1, -0.05) is 12.1 Å². The molecule has 206 valence electrons. The molecular formula is C25H21F6N5O2S. The molecule has 0 radical (unpaired) electrons. The molecule has 1 fully saturated rings. The molecule has 2 aromatic carbocycles. The number of morpholine rings is 1. The third-order valence-corrected chi connectivity index (χ3v) is 7.35. The highest BCUT2D eigenvalue weighted by molar-refractivity contribution is 8.18. The van der Waals surface area contributed by atoms with Crippen LogP contribution in [0.1, 0.15) is 22.3 Å². The fraction of sp³-hybridized carbons (Fsp3) is 0.320. The zero-order valence-corrected chi connectivity index (χ0v) is 20.9. The van der Waals surface area contributed by atoms with Crippen molar-refractivity contribution in [3.05, 3.63) is 69.8 Å². The van der Waals surface area contributed by atoms with E-state index in [9.17, 15) is 31.1 Å². The van der Waals surface area contributed by atoms with Crippen molar-refractivity contribution in [1.82, 2.24) is 14.7 Å². The molecule has 3 heterocycles. The van der Waals surface area contributed by atoms with Crippen LogP contribution in [0.3, 0.4) is 0 Å². The number of ether oxygens (including phenoxy) is 1. The van der Waals surface area contributed by atoms with Gasteiger partial charge in [0.05, 0.1) is 47.0 Å². The maximum Gasteiger partial charge on any atom is 0.416 e. The van der Waals surface area contributed by atoms with Gasteiger partial charge in [0.2, 0.25) is 0 Å². The van der Waals surface area contributed by atoms with Crippen LogP contribution < -0.4 is 5.73 Å².